The van der Waals surface area contributed by atoms with E-state index in [-0.39, 0.29) is 18.3 Å². The molecule has 0 amide bonds. The molecule has 0 saturated heterocycles. The number of aryl methyl sites for hydroxylation is 2. The van der Waals surface area contributed by atoms with E-state index in [4.69, 9.17) is 4.74 Å². The maximum atomic E-state index is 12.6. The lowest BCUT2D eigenvalue weighted by atomic mass is 9.95. The molecule has 26 heavy (non-hydrogen) atoms. The highest BCUT2D eigenvalue weighted by Crippen LogP contribution is 2.24. The molecule has 2 rings (SSSR count). The van der Waals surface area contributed by atoms with Crippen molar-refractivity contribution < 1.29 is 14.3 Å². The highest BCUT2D eigenvalue weighted by molar-refractivity contribution is 6.09. The fourth-order valence-electron chi connectivity index (χ4n) is 2.97. The van der Waals surface area contributed by atoms with Crippen LogP contribution in [0.3, 0.4) is 0 Å². The Hall–Kier alpha value is -2.68. The van der Waals surface area contributed by atoms with Crippen molar-refractivity contribution in [3.8, 4) is 0 Å². The van der Waals surface area contributed by atoms with Crippen molar-refractivity contribution in [2.24, 2.45) is 0 Å². The third-order valence-corrected chi connectivity index (χ3v) is 4.45. The van der Waals surface area contributed by atoms with E-state index in [0.717, 1.165) is 28.3 Å². The van der Waals surface area contributed by atoms with Crippen molar-refractivity contribution in [2.45, 2.75) is 46.1 Å². The van der Waals surface area contributed by atoms with Crippen LogP contribution in [0.25, 0.3) is 10.8 Å². The maximum Gasteiger partial charge on any atom is 0.314 e. The number of benzene rings is 2. The van der Waals surface area contributed by atoms with Gasteiger partial charge in [-0.1, -0.05) is 60.7 Å². The van der Waals surface area contributed by atoms with Gasteiger partial charge in [0.1, 0.15) is 12.5 Å². The first kappa shape index (κ1) is 19.6. The molecular formula is C23H26O3. The quantitative estimate of drug-likeness (QED) is 0.274. The third-order valence-electron chi connectivity index (χ3n) is 4.45. The molecule has 1 unspecified atom stereocenters. The number of Topliss-reactive ketones (excluding diaryl/α,β-unsaturated/α-hetero) is 1. The lowest BCUT2D eigenvalue weighted by molar-refractivity contribution is -0.145. The van der Waals surface area contributed by atoms with Crippen molar-refractivity contribution in [1.29, 1.82) is 0 Å². The number of esters is 1. The van der Waals surface area contributed by atoms with Crippen molar-refractivity contribution in [3.63, 3.8) is 0 Å². The van der Waals surface area contributed by atoms with E-state index in [2.05, 4.69) is 12.6 Å². The zero-order valence-electron chi connectivity index (χ0n) is 15.7. The van der Waals surface area contributed by atoms with Crippen LogP contribution < -0.4 is 0 Å². The molecule has 0 aliphatic heterocycles. The molecule has 0 heterocycles. The van der Waals surface area contributed by atoms with Crippen LogP contribution >= 0.6 is 0 Å². The maximum absolute atomic E-state index is 12.6. The van der Waals surface area contributed by atoms with Gasteiger partial charge in [0.05, 0.1) is 0 Å². The Kier molecular flexibility index (Phi) is 6.90. The Morgan fingerprint density at radius 3 is 2.62 bits per heavy atom. The number of fused-ring (bicyclic) bond motifs is 1. The van der Waals surface area contributed by atoms with Crippen molar-refractivity contribution in [1.82, 2.24) is 0 Å². The third kappa shape index (κ3) is 4.92. The number of carbonyl (C=O) groups is 2. The first-order valence-corrected chi connectivity index (χ1v) is 8.92. The smallest absolute Gasteiger partial charge is 0.314 e. The Balaban J connectivity index is 2.09. The van der Waals surface area contributed by atoms with Crippen molar-refractivity contribution >= 4 is 22.5 Å². The van der Waals surface area contributed by atoms with E-state index in [1.807, 2.05) is 51.1 Å². The van der Waals surface area contributed by atoms with E-state index in [1.54, 1.807) is 12.1 Å². The molecule has 0 N–H and O–H groups in total. The lowest BCUT2D eigenvalue weighted by Gasteiger charge is -2.14. The Bertz CT molecular complexity index is 846. The van der Waals surface area contributed by atoms with E-state index in [9.17, 15) is 9.59 Å². The molecule has 2 aromatic rings. The van der Waals surface area contributed by atoms with E-state index < -0.39 is 5.97 Å². The van der Waals surface area contributed by atoms with Gasteiger partial charge in [0.15, 0.2) is 5.78 Å². The molecule has 3 nitrogen and oxygen atoms in total. The van der Waals surface area contributed by atoms with E-state index in [1.165, 1.54) is 0 Å². The van der Waals surface area contributed by atoms with Gasteiger partial charge in [-0.25, -0.2) is 0 Å². The van der Waals surface area contributed by atoms with Crippen LogP contribution in [-0.2, 0) is 9.53 Å². The molecular weight excluding hydrogens is 324 g/mol. The predicted molar refractivity (Wildman–Crippen MR) is 106 cm³/mol. The van der Waals surface area contributed by atoms with Gasteiger partial charge in [0.2, 0.25) is 0 Å². The molecule has 3 heteroatoms. The van der Waals surface area contributed by atoms with E-state index >= 15 is 0 Å². The minimum atomic E-state index is -0.510. The van der Waals surface area contributed by atoms with Crippen molar-refractivity contribution in [2.75, 3.05) is 0 Å². The summed E-state index contributed by atoms with van der Waals surface area (Å²) in [6, 6.07) is 9.86. The molecule has 0 spiro atoms. The second-order valence-corrected chi connectivity index (χ2v) is 6.47. The zero-order chi connectivity index (χ0) is 19.1. The number of rotatable bonds is 8. The summed E-state index contributed by atoms with van der Waals surface area (Å²) in [5.74, 6) is -0.726. The van der Waals surface area contributed by atoms with Crippen molar-refractivity contribution in [3.05, 3.63) is 71.8 Å². The molecule has 0 radical (unpaired) electrons. The van der Waals surface area contributed by atoms with Gasteiger partial charge in [-0.2, -0.15) is 0 Å². The second-order valence-electron chi connectivity index (χ2n) is 6.47. The summed E-state index contributed by atoms with van der Waals surface area (Å²) < 4.78 is 5.37. The van der Waals surface area contributed by atoms with Gasteiger partial charge in [-0.15, -0.1) is 0 Å². The number of allylic oxidation sites excluding steroid dienone is 2. The monoisotopic (exact) mass is 350 g/mol. The van der Waals surface area contributed by atoms with Gasteiger partial charge in [-0.05, 0) is 49.9 Å². The van der Waals surface area contributed by atoms with Crippen LogP contribution in [0.1, 0.15) is 47.7 Å². The summed E-state index contributed by atoms with van der Waals surface area (Å²) in [7, 11) is 0. The summed E-state index contributed by atoms with van der Waals surface area (Å²) in [5, 5.41) is 2.13. The van der Waals surface area contributed by atoms with Crippen LogP contribution in [0.15, 0.2) is 55.1 Å². The SMILES string of the molecule is C=CC(CC/C=C/C)OC(=O)CC(=O)c1ccc2ccc(C)cc2c1C. The summed E-state index contributed by atoms with van der Waals surface area (Å²) in [6.45, 7) is 9.59. The largest absolute Gasteiger partial charge is 0.458 e. The lowest BCUT2D eigenvalue weighted by Crippen LogP contribution is -2.19. The molecule has 2 aromatic carbocycles. The van der Waals surface area contributed by atoms with Gasteiger partial charge in [0.25, 0.3) is 0 Å². The molecule has 0 aliphatic rings. The van der Waals surface area contributed by atoms with Gasteiger partial charge in [0, 0.05) is 5.56 Å². The molecule has 0 aliphatic carbocycles. The Morgan fingerprint density at radius 1 is 1.19 bits per heavy atom. The minimum absolute atomic E-state index is 0.216. The number of hydrogen-bond donors (Lipinski definition) is 0. The molecule has 0 bridgehead atoms. The van der Waals surface area contributed by atoms with Gasteiger partial charge in [-0.3, -0.25) is 9.59 Å². The van der Waals surface area contributed by atoms with Crippen LogP contribution in [-0.4, -0.2) is 17.9 Å². The average Bonchev–Trinajstić information content (AvgIpc) is 2.61. The Morgan fingerprint density at radius 2 is 1.92 bits per heavy atom. The first-order chi connectivity index (χ1) is 12.5. The summed E-state index contributed by atoms with van der Waals surface area (Å²) in [4.78, 5) is 24.7. The number of carbonyl (C=O) groups excluding carboxylic acids is 2. The highest BCUT2D eigenvalue weighted by atomic mass is 16.5. The van der Waals surface area contributed by atoms with Gasteiger partial charge < -0.3 is 4.74 Å². The topological polar surface area (TPSA) is 43.4 Å². The molecule has 0 saturated carbocycles. The molecule has 0 aromatic heterocycles. The molecule has 136 valence electrons. The highest BCUT2D eigenvalue weighted by Gasteiger charge is 2.18. The fourth-order valence-corrected chi connectivity index (χ4v) is 2.97. The fraction of sp³-hybridized carbons (Fsp3) is 0.304. The van der Waals surface area contributed by atoms with Crippen LogP contribution in [0.5, 0.6) is 0 Å². The number of ketones is 1. The van der Waals surface area contributed by atoms with Gasteiger partial charge >= 0.3 is 5.97 Å². The normalized spacial score (nSPS) is 12.3. The molecule has 1 atom stereocenters. The Labute approximate surface area is 155 Å². The second kappa shape index (κ2) is 9.14. The summed E-state index contributed by atoms with van der Waals surface area (Å²) in [6.07, 6.45) is 6.42. The molecule has 0 fully saturated rings. The summed E-state index contributed by atoms with van der Waals surface area (Å²) >= 11 is 0. The standard InChI is InChI=1S/C23H26O3/c1-5-7-8-9-19(6-2)26-23(25)15-22(24)20-13-12-18-11-10-16(3)14-21(18)17(20)4/h5-7,10-14,19H,2,8-9,15H2,1,3-4H3/b7-5+. The predicted octanol–water partition coefficient (Wildman–Crippen LogP) is 5.48. The first-order valence-electron chi connectivity index (χ1n) is 8.92. The minimum Gasteiger partial charge on any atom is -0.458 e. The zero-order valence-corrected chi connectivity index (χ0v) is 15.7. The van der Waals surface area contributed by atoms with E-state index in [0.29, 0.717) is 12.0 Å². The van der Waals surface area contributed by atoms with Crippen LogP contribution in [0.4, 0.5) is 0 Å². The number of hydrogen-bond acceptors (Lipinski definition) is 3. The van der Waals surface area contributed by atoms with Crippen LogP contribution in [0, 0.1) is 13.8 Å². The van der Waals surface area contributed by atoms with Crippen LogP contribution in [0.2, 0.25) is 0 Å². The average molecular weight is 350 g/mol. The number of ether oxygens (including phenoxy) is 1. The summed E-state index contributed by atoms with van der Waals surface area (Å²) in [5.41, 5.74) is 2.61.